The van der Waals surface area contributed by atoms with E-state index in [1.807, 2.05) is 24.3 Å². The summed E-state index contributed by atoms with van der Waals surface area (Å²) in [4.78, 5) is 12.6. The Morgan fingerprint density at radius 2 is 1.62 bits per heavy atom. The fourth-order valence-corrected chi connectivity index (χ4v) is 3.18. The standard InChI is InChI=1S/C19H21NO/c21-18-12-7-13-20-17(14-15-8-3-1-4-9-15)19(18)16-10-5-2-6-11-16/h1-6,8-11,17,19-20H,7,12-14H2. The van der Waals surface area contributed by atoms with Crippen LogP contribution in [0.25, 0.3) is 0 Å². The van der Waals surface area contributed by atoms with Crippen molar-refractivity contribution in [1.82, 2.24) is 5.32 Å². The van der Waals surface area contributed by atoms with E-state index >= 15 is 0 Å². The van der Waals surface area contributed by atoms with Gasteiger partial charge in [-0.15, -0.1) is 0 Å². The molecule has 1 aliphatic rings. The first kappa shape index (κ1) is 14.0. The number of hydrogen-bond donors (Lipinski definition) is 1. The minimum atomic E-state index is -0.0334. The summed E-state index contributed by atoms with van der Waals surface area (Å²) in [6, 6.07) is 20.8. The van der Waals surface area contributed by atoms with Crippen molar-refractivity contribution in [3.05, 3.63) is 71.8 Å². The molecule has 2 aromatic carbocycles. The average molecular weight is 279 g/mol. The first-order valence-electron chi connectivity index (χ1n) is 7.69. The summed E-state index contributed by atoms with van der Waals surface area (Å²) in [7, 11) is 0. The molecule has 0 radical (unpaired) electrons. The van der Waals surface area contributed by atoms with Gasteiger partial charge in [-0.3, -0.25) is 4.79 Å². The molecule has 2 aromatic rings. The van der Waals surface area contributed by atoms with Crippen molar-refractivity contribution in [1.29, 1.82) is 0 Å². The Morgan fingerprint density at radius 1 is 0.952 bits per heavy atom. The van der Waals surface area contributed by atoms with Gasteiger partial charge in [-0.2, -0.15) is 0 Å². The van der Waals surface area contributed by atoms with E-state index in [-0.39, 0.29) is 12.0 Å². The predicted octanol–water partition coefficient (Wildman–Crippen LogP) is 3.33. The highest BCUT2D eigenvalue weighted by molar-refractivity contribution is 5.86. The number of Topliss-reactive ketones (excluding diaryl/α,β-unsaturated/α-hetero) is 1. The summed E-state index contributed by atoms with van der Waals surface area (Å²) < 4.78 is 0. The van der Waals surface area contributed by atoms with E-state index in [9.17, 15) is 4.79 Å². The molecule has 108 valence electrons. The number of carbonyl (C=O) groups excluding carboxylic acids is 1. The quantitative estimate of drug-likeness (QED) is 0.933. The molecule has 0 bridgehead atoms. The first-order chi connectivity index (χ1) is 10.3. The number of ketones is 1. The summed E-state index contributed by atoms with van der Waals surface area (Å²) in [5, 5.41) is 3.59. The minimum absolute atomic E-state index is 0.0334. The molecule has 1 N–H and O–H groups in total. The van der Waals surface area contributed by atoms with Crippen LogP contribution >= 0.6 is 0 Å². The Balaban J connectivity index is 1.89. The Bertz CT molecular complexity index is 579. The van der Waals surface area contributed by atoms with Gasteiger partial charge in [0.05, 0.1) is 5.92 Å². The third-order valence-electron chi connectivity index (χ3n) is 4.21. The average Bonchev–Trinajstić information content (AvgIpc) is 2.71. The fraction of sp³-hybridized carbons (Fsp3) is 0.316. The summed E-state index contributed by atoms with van der Waals surface area (Å²) in [6.07, 6.45) is 2.51. The molecule has 2 unspecified atom stereocenters. The van der Waals surface area contributed by atoms with E-state index in [2.05, 4.69) is 41.7 Å². The van der Waals surface area contributed by atoms with Gasteiger partial charge in [0.2, 0.25) is 0 Å². The monoisotopic (exact) mass is 279 g/mol. The van der Waals surface area contributed by atoms with E-state index in [4.69, 9.17) is 0 Å². The van der Waals surface area contributed by atoms with Gasteiger partial charge in [-0.1, -0.05) is 60.7 Å². The van der Waals surface area contributed by atoms with Crippen molar-refractivity contribution in [2.24, 2.45) is 0 Å². The van der Waals surface area contributed by atoms with Gasteiger partial charge in [0.1, 0.15) is 5.78 Å². The van der Waals surface area contributed by atoms with Gasteiger partial charge in [0.25, 0.3) is 0 Å². The molecule has 1 heterocycles. The molecule has 1 saturated heterocycles. The van der Waals surface area contributed by atoms with Crippen molar-refractivity contribution in [3.63, 3.8) is 0 Å². The maximum absolute atomic E-state index is 12.6. The van der Waals surface area contributed by atoms with Crippen LogP contribution in [0, 0.1) is 0 Å². The molecule has 3 rings (SSSR count). The SMILES string of the molecule is O=C1CCCNC(Cc2ccccc2)C1c1ccccc1. The van der Waals surface area contributed by atoms with Gasteiger partial charge in [0, 0.05) is 12.5 Å². The third-order valence-corrected chi connectivity index (χ3v) is 4.21. The van der Waals surface area contributed by atoms with Crippen LogP contribution in [0.5, 0.6) is 0 Å². The van der Waals surface area contributed by atoms with Gasteiger partial charge in [0.15, 0.2) is 0 Å². The maximum atomic E-state index is 12.6. The second-order valence-corrected chi connectivity index (χ2v) is 5.71. The van der Waals surface area contributed by atoms with Gasteiger partial charge < -0.3 is 5.32 Å². The van der Waals surface area contributed by atoms with Gasteiger partial charge in [-0.25, -0.2) is 0 Å². The summed E-state index contributed by atoms with van der Waals surface area (Å²) in [5.74, 6) is 0.334. The maximum Gasteiger partial charge on any atom is 0.141 e. The summed E-state index contributed by atoms with van der Waals surface area (Å²) >= 11 is 0. The molecule has 2 nitrogen and oxygen atoms in total. The van der Waals surface area contributed by atoms with E-state index in [0.29, 0.717) is 12.2 Å². The zero-order valence-corrected chi connectivity index (χ0v) is 12.2. The van der Waals surface area contributed by atoms with E-state index in [1.165, 1.54) is 5.56 Å². The van der Waals surface area contributed by atoms with Crippen LogP contribution in [-0.4, -0.2) is 18.4 Å². The Morgan fingerprint density at radius 3 is 2.33 bits per heavy atom. The van der Waals surface area contributed by atoms with Crippen LogP contribution in [0.2, 0.25) is 0 Å². The van der Waals surface area contributed by atoms with Crippen LogP contribution in [0.4, 0.5) is 0 Å². The molecule has 0 amide bonds. The molecule has 1 aliphatic heterocycles. The number of carbonyl (C=O) groups is 1. The lowest BCUT2D eigenvalue weighted by Gasteiger charge is -2.25. The van der Waals surface area contributed by atoms with Crippen molar-refractivity contribution >= 4 is 5.78 Å². The topological polar surface area (TPSA) is 29.1 Å². The molecule has 0 spiro atoms. The summed E-state index contributed by atoms with van der Waals surface area (Å²) in [5.41, 5.74) is 2.42. The van der Waals surface area contributed by atoms with Crippen LogP contribution in [0.3, 0.4) is 0 Å². The molecule has 1 fully saturated rings. The lowest BCUT2D eigenvalue weighted by Crippen LogP contribution is -2.38. The highest BCUT2D eigenvalue weighted by Crippen LogP contribution is 2.27. The van der Waals surface area contributed by atoms with Crippen LogP contribution < -0.4 is 5.32 Å². The Hall–Kier alpha value is -1.93. The smallest absolute Gasteiger partial charge is 0.141 e. The molecule has 21 heavy (non-hydrogen) atoms. The molecule has 2 heteroatoms. The van der Waals surface area contributed by atoms with Crippen LogP contribution in [0.15, 0.2) is 60.7 Å². The normalized spacial score (nSPS) is 22.8. The van der Waals surface area contributed by atoms with Crippen molar-refractivity contribution < 1.29 is 4.79 Å². The van der Waals surface area contributed by atoms with Gasteiger partial charge >= 0.3 is 0 Å². The van der Waals surface area contributed by atoms with Crippen LogP contribution in [-0.2, 0) is 11.2 Å². The van der Waals surface area contributed by atoms with Crippen molar-refractivity contribution in [3.8, 4) is 0 Å². The van der Waals surface area contributed by atoms with Crippen LogP contribution in [0.1, 0.15) is 29.9 Å². The number of hydrogen-bond acceptors (Lipinski definition) is 2. The first-order valence-corrected chi connectivity index (χ1v) is 7.69. The molecule has 0 aromatic heterocycles. The molecular weight excluding hydrogens is 258 g/mol. The Kier molecular flexibility index (Phi) is 4.46. The molecule has 0 saturated carbocycles. The highest BCUT2D eigenvalue weighted by Gasteiger charge is 2.31. The van der Waals surface area contributed by atoms with Crippen molar-refractivity contribution in [2.45, 2.75) is 31.2 Å². The molecular formula is C19H21NO. The van der Waals surface area contributed by atoms with Gasteiger partial charge in [-0.05, 0) is 30.5 Å². The lowest BCUT2D eigenvalue weighted by atomic mass is 9.84. The second-order valence-electron chi connectivity index (χ2n) is 5.71. The van der Waals surface area contributed by atoms with E-state index in [0.717, 1.165) is 24.9 Å². The van der Waals surface area contributed by atoms with E-state index < -0.39 is 0 Å². The largest absolute Gasteiger partial charge is 0.313 e. The predicted molar refractivity (Wildman–Crippen MR) is 85.4 cm³/mol. The third kappa shape index (κ3) is 3.40. The highest BCUT2D eigenvalue weighted by atomic mass is 16.1. The second kappa shape index (κ2) is 6.68. The van der Waals surface area contributed by atoms with Crippen molar-refractivity contribution in [2.75, 3.05) is 6.54 Å². The molecule has 0 aliphatic carbocycles. The zero-order chi connectivity index (χ0) is 14.5. The summed E-state index contributed by atoms with van der Waals surface area (Å²) in [6.45, 7) is 0.923. The zero-order valence-electron chi connectivity index (χ0n) is 12.2. The number of rotatable bonds is 3. The Labute approximate surface area is 126 Å². The number of nitrogens with one attached hydrogen (secondary N) is 1. The lowest BCUT2D eigenvalue weighted by molar-refractivity contribution is -0.120. The van der Waals surface area contributed by atoms with E-state index in [1.54, 1.807) is 0 Å². The fourth-order valence-electron chi connectivity index (χ4n) is 3.18. The minimum Gasteiger partial charge on any atom is -0.313 e. The number of benzene rings is 2. The molecule has 2 atom stereocenters.